The lowest BCUT2D eigenvalue weighted by molar-refractivity contribution is 0.0572. The number of carbonyl (C=O) groups excluding carboxylic acids is 1. The average molecular weight is 319 g/mol. The second-order valence-electron chi connectivity index (χ2n) is 4.60. The number of halogens is 2. The SMILES string of the molecule is CC1(O)CCN(C(=O)c2ccc(Br)cc2Cl)C1. The van der Waals surface area contributed by atoms with Gasteiger partial charge in [-0.3, -0.25) is 4.79 Å². The van der Waals surface area contributed by atoms with Crippen molar-refractivity contribution in [3.05, 3.63) is 33.3 Å². The first-order valence-electron chi connectivity index (χ1n) is 5.36. The van der Waals surface area contributed by atoms with Gasteiger partial charge in [0.25, 0.3) is 5.91 Å². The number of nitrogens with zero attached hydrogens (tertiary/aromatic N) is 1. The molecule has 0 radical (unpaired) electrons. The zero-order valence-electron chi connectivity index (χ0n) is 9.41. The third-order valence-electron chi connectivity index (χ3n) is 2.90. The molecule has 1 atom stereocenters. The third kappa shape index (κ3) is 2.81. The van der Waals surface area contributed by atoms with Crippen molar-refractivity contribution in [2.24, 2.45) is 0 Å². The fourth-order valence-corrected chi connectivity index (χ4v) is 2.71. The maximum absolute atomic E-state index is 12.2. The minimum absolute atomic E-state index is 0.125. The van der Waals surface area contributed by atoms with Crippen LogP contribution in [-0.4, -0.2) is 34.6 Å². The molecule has 1 N–H and O–H groups in total. The first-order valence-corrected chi connectivity index (χ1v) is 6.53. The average Bonchev–Trinajstić information content (AvgIpc) is 2.58. The first kappa shape index (κ1) is 12.9. The lowest BCUT2D eigenvalue weighted by Crippen LogP contribution is -2.34. The second kappa shape index (κ2) is 4.59. The second-order valence-corrected chi connectivity index (χ2v) is 5.92. The van der Waals surface area contributed by atoms with Crippen LogP contribution in [0.25, 0.3) is 0 Å². The minimum atomic E-state index is -0.780. The number of hydrogen-bond acceptors (Lipinski definition) is 2. The third-order valence-corrected chi connectivity index (χ3v) is 3.71. The van der Waals surface area contributed by atoms with E-state index >= 15 is 0 Å². The number of amides is 1. The molecular weight excluding hydrogens is 305 g/mol. The molecule has 1 aromatic carbocycles. The molecule has 1 aliphatic rings. The van der Waals surface area contributed by atoms with E-state index in [9.17, 15) is 9.90 Å². The van der Waals surface area contributed by atoms with Gasteiger partial charge in [0.2, 0.25) is 0 Å². The van der Waals surface area contributed by atoms with Gasteiger partial charge in [-0.1, -0.05) is 27.5 Å². The van der Waals surface area contributed by atoms with Crippen molar-refractivity contribution in [2.75, 3.05) is 13.1 Å². The van der Waals surface area contributed by atoms with E-state index < -0.39 is 5.60 Å². The van der Waals surface area contributed by atoms with Crippen molar-refractivity contribution in [1.29, 1.82) is 0 Å². The van der Waals surface area contributed by atoms with Crippen LogP contribution in [0, 0.1) is 0 Å². The molecule has 1 aliphatic heterocycles. The number of carbonyl (C=O) groups is 1. The molecule has 2 rings (SSSR count). The van der Waals surface area contributed by atoms with Crippen LogP contribution in [0.4, 0.5) is 0 Å². The fourth-order valence-electron chi connectivity index (χ4n) is 1.95. The number of hydrogen-bond donors (Lipinski definition) is 1. The minimum Gasteiger partial charge on any atom is -0.388 e. The van der Waals surface area contributed by atoms with E-state index in [4.69, 9.17) is 11.6 Å². The quantitative estimate of drug-likeness (QED) is 0.865. The summed E-state index contributed by atoms with van der Waals surface area (Å²) in [5, 5.41) is 10.3. The van der Waals surface area contributed by atoms with Crippen molar-refractivity contribution in [1.82, 2.24) is 4.90 Å². The van der Waals surface area contributed by atoms with Gasteiger partial charge >= 0.3 is 0 Å². The Morgan fingerprint density at radius 1 is 1.59 bits per heavy atom. The summed E-state index contributed by atoms with van der Waals surface area (Å²) in [6.45, 7) is 2.67. The molecule has 92 valence electrons. The van der Waals surface area contributed by atoms with Gasteiger partial charge in [0.1, 0.15) is 0 Å². The summed E-state index contributed by atoms with van der Waals surface area (Å²) in [4.78, 5) is 13.8. The molecule has 3 nitrogen and oxygen atoms in total. The Hall–Kier alpha value is -0.580. The van der Waals surface area contributed by atoms with Crippen molar-refractivity contribution in [3.8, 4) is 0 Å². The first-order chi connectivity index (χ1) is 7.89. The van der Waals surface area contributed by atoms with Crippen molar-refractivity contribution >= 4 is 33.4 Å². The van der Waals surface area contributed by atoms with E-state index in [1.165, 1.54) is 0 Å². The summed E-state index contributed by atoms with van der Waals surface area (Å²) in [5.41, 5.74) is -0.301. The van der Waals surface area contributed by atoms with Crippen LogP contribution in [-0.2, 0) is 0 Å². The van der Waals surface area contributed by atoms with E-state index in [0.717, 1.165) is 4.47 Å². The van der Waals surface area contributed by atoms with Crippen LogP contribution in [0.15, 0.2) is 22.7 Å². The molecule has 0 spiro atoms. The van der Waals surface area contributed by atoms with Crippen LogP contribution in [0.1, 0.15) is 23.7 Å². The standard InChI is InChI=1S/C12H13BrClNO2/c1-12(17)4-5-15(7-12)11(16)9-3-2-8(13)6-10(9)14/h2-3,6,17H,4-5,7H2,1H3. The Morgan fingerprint density at radius 3 is 2.82 bits per heavy atom. The Morgan fingerprint density at radius 2 is 2.29 bits per heavy atom. The predicted molar refractivity (Wildman–Crippen MR) is 70.3 cm³/mol. The van der Waals surface area contributed by atoms with Gasteiger partial charge < -0.3 is 10.0 Å². The highest BCUT2D eigenvalue weighted by molar-refractivity contribution is 9.10. The molecule has 1 unspecified atom stereocenters. The molecule has 0 saturated carbocycles. The van der Waals surface area contributed by atoms with Crippen LogP contribution in [0.3, 0.4) is 0 Å². The predicted octanol–water partition coefficient (Wildman–Crippen LogP) is 2.70. The largest absolute Gasteiger partial charge is 0.388 e. The van der Waals surface area contributed by atoms with Crippen molar-refractivity contribution in [3.63, 3.8) is 0 Å². The van der Waals surface area contributed by atoms with E-state index in [2.05, 4.69) is 15.9 Å². The lowest BCUT2D eigenvalue weighted by atomic mass is 10.1. The van der Waals surface area contributed by atoms with Gasteiger partial charge in [0.15, 0.2) is 0 Å². The Bertz CT molecular complexity index is 462. The molecule has 1 amide bonds. The number of benzene rings is 1. The maximum Gasteiger partial charge on any atom is 0.255 e. The van der Waals surface area contributed by atoms with Crippen molar-refractivity contribution < 1.29 is 9.90 Å². The number of β-amino-alcohol motifs (C(OH)–C–C–N with tert-alkyl or cyclic N) is 1. The zero-order valence-corrected chi connectivity index (χ0v) is 11.8. The number of rotatable bonds is 1. The molecule has 1 saturated heterocycles. The highest BCUT2D eigenvalue weighted by Crippen LogP contribution is 2.26. The summed E-state index contributed by atoms with van der Waals surface area (Å²) in [7, 11) is 0. The Kier molecular flexibility index (Phi) is 3.48. The van der Waals surface area contributed by atoms with Crippen LogP contribution in [0.5, 0.6) is 0 Å². The van der Waals surface area contributed by atoms with E-state index in [1.807, 2.05) is 0 Å². The van der Waals surface area contributed by atoms with Crippen LogP contribution >= 0.6 is 27.5 Å². The van der Waals surface area contributed by atoms with Gasteiger partial charge in [-0.05, 0) is 31.5 Å². The molecule has 1 aromatic rings. The van der Waals surface area contributed by atoms with Crippen LogP contribution in [0.2, 0.25) is 5.02 Å². The molecular formula is C12H13BrClNO2. The van der Waals surface area contributed by atoms with Crippen LogP contribution < -0.4 is 0 Å². The lowest BCUT2D eigenvalue weighted by Gasteiger charge is -2.19. The van der Waals surface area contributed by atoms with Gasteiger partial charge in [-0.2, -0.15) is 0 Å². The summed E-state index contributed by atoms with van der Waals surface area (Å²) < 4.78 is 0.840. The highest BCUT2D eigenvalue weighted by atomic mass is 79.9. The number of aliphatic hydroxyl groups is 1. The smallest absolute Gasteiger partial charge is 0.255 e. The molecule has 1 fully saturated rings. The van der Waals surface area contributed by atoms with E-state index in [0.29, 0.717) is 30.1 Å². The summed E-state index contributed by atoms with van der Waals surface area (Å²) in [6.07, 6.45) is 0.604. The normalized spacial score (nSPS) is 24.1. The Balaban J connectivity index is 2.21. The molecule has 0 aromatic heterocycles. The maximum atomic E-state index is 12.2. The molecule has 1 heterocycles. The van der Waals surface area contributed by atoms with Crippen molar-refractivity contribution in [2.45, 2.75) is 18.9 Å². The molecule has 5 heteroatoms. The van der Waals surface area contributed by atoms with Gasteiger partial charge in [0.05, 0.1) is 16.2 Å². The summed E-state index contributed by atoms with van der Waals surface area (Å²) in [6, 6.07) is 5.18. The molecule has 17 heavy (non-hydrogen) atoms. The van der Waals surface area contributed by atoms with Gasteiger partial charge in [-0.15, -0.1) is 0 Å². The zero-order chi connectivity index (χ0) is 12.6. The fraction of sp³-hybridized carbons (Fsp3) is 0.417. The van der Waals surface area contributed by atoms with E-state index in [-0.39, 0.29) is 5.91 Å². The molecule has 0 bridgehead atoms. The topological polar surface area (TPSA) is 40.5 Å². The van der Waals surface area contributed by atoms with E-state index in [1.54, 1.807) is 30.0 Å². The monoisotopic (exact) mass is 317 g/mol. The summed E-state index contributed by atoms with van der Waals surface area (Å²) >= 11 is 9.33. The van der Waals surface area contributed by atoms with Gasteiger partial charge in [0, 0.05) is 17.6 Å². The highest BCUT2D eigenvalue weighted by Gasteiger charge is 2.34. The molecule has 0 aliphatic carbocycles. The summed E-state index contributed by atoms with van der Waals surface area (Å²) in [5.74, 6) is -0.125. The van der Waals surface area contributed by atoms with Gasteiger partial charge in [-0.25, -0.2) is 0 Å². The Labute approximate surface area is 114 Å². The number of likely N-dealkylation sites (tertiary alicyclic amines) is 1.